The van der Waals surface area contributed by atoms with Gasteiger partial charge in [-0.25, -0.2) is 9.75 Å². The molecule has 22 heavy (non-hydrogen) atoms. The Bertz CT molecular complexity index is 689. The molecule has 0 aliphatic carbocycles. The second-order valence-electron chi connectivity index (χ2n) is 5.62. The molecule has 0 N–H and O–H groups in total. The van der Waals surface area contributed by atoms with Crippen LogP contribution in [0.1, 0.15) is 41.5 Å². The van der Waals surface area contributed by atoms with Gasteiger partial charge in [0.05, 0.1) is 12.6 Å². The van der Waals surface area contributed by atoms with Crippen LogP contribution in [-0.2, 0) is 9.57 Å². The minimum atomic E-state index is -0.257. The van der Waals surface area contributed by atoms with E-state index in [4.69, 9.17) is 9.57 Å². The lowest BCUT2D eigenvalue weighted by atomic mass is 10.1. The smallest absolute Gasteiger partial charge is 0.298 e. The first kappa shape index (κ1) is 15.0. The van der Waals surface area contributed by atoms with E-state index in [1.54, 1.807) is 7.05 Å². The summed E-state index contributed by atoms with van der Waals surface area (Å²) in [6.45, 7) is 2.74. The van der Waals surface area contributed by atoms with Crippen LogP contribution in [0.15, 0.2) is 18.2 Å². The molecule has 1 aromatic carbocycles. The first-order valence-electron chi connectivity index (χ1n) is 7.54. The molecular weight excluding hydrogens is 282 g/mol. The highest BCUT2D eigenvalue weighted by atomic mass is 16.7. The molecule has 0 bridgehead atoms. The van der Waals surface area contributed by atoms with Crippen molar-refractivity contribution in [1.29, 1.82) is 0 Å². The molecule has 1 unspecified atom stereocenters. The zero-order valence-electron chi connectivity index (χ0n) is 13.2. The van der Waals surface area contributed by atoms with E-state index in [2.05, 4.69) is 5.10 Å². The van der Waals surface area contributed by atoms with Crippen LogP contribution in [0.2, 0.25) is 0 Å². The lowest BCUT2D eigenvalue weighted by Gasteiger charge is -2.23. The normalized spacial score (nSPS) is 18.6. The van der Waals surface area contributed by atoms with Crippen molar-refractivity contribution in [3.05, 3.63) is 29.5 Å². The molecule has 2 heterocycles. The fourth-order valence-electron chi connectivity index (χ4n) is 2.78. The molecule has 1 aliphatic heterocycles. The van der Waals surface area contributed by atoms with Crippen molar-refractivity contribution in [2.24, 2.45) is 0 Å². The van der Waals surface area contributed by atoms with Crippen molar-refractivity contribution in [2.45, 2.75) is 32.4 Å². The van der Waals surface area contributed by atoms with Crippen LogP contribution in [0, 0.1) is 6.92 Å². The molecular formula is C16H21N3O3. The second kappa shape index (κ2) is 6.06. The number of aryl methyl sites for hydroxylation is 1. The molecule has 0 saturated carbocycles. The quantitative estimate of drug-likeness (QED) is 0.818. The first-order valence-corrected chi connectivity index (χ1v) is 7.54. The zero-order valence-corrected chi connectivity index (χ0v) is 13.2. The minimum Gasteiger partial charge on any atom is -0.356 e. The molecule has 1 aromatic heterocycles. The Balaban J connectivity index is 2.11. The number of ether oxygens (including phenoxy) is 1. The van der Waals surface area contributed by atoms with Crippen molar-refractivity contribution in [1.82, 2.24) is 14.8 Å². The fourth-order valence-corrected chi connectivity index (χ4v) is 2.78. The molecule has 1 fully saturated rings. The molecule has 2 aromatic rings. The highest BCUT2D eigenvalue weighted by Crippen LogP contribution is 2.29. The van der Waals surface area contributed by atoms with Gasteiger partial charge in [-0.2, -0.15) is 5.10 Å². The molecule has 0 spiro atoms. The van der Waals surface area contributed by atoms with Gasteiger partial charge in [-0.15, -0.1) is 0 Å². The summed E-state index contributed by atoms with van der Waals surface area (Å²) in [5.74, 6) is -0.257. The van der Waals surface area contributed by atoms with Gasteiger partial charge in [0.25, 0.3) is 5.91 Å². The van der Waals surface area contributed by atoms with Crippen molar-refractivity contribution < 1.29 is 14.4 Å². The Morgan fingerprint density at radius 2 is 2.27 bits per heavy atom. The van der Waals surface area contributed by atoms with Gasteiger partial charge in [0.2, 0.25) is 0 Å². The van der Waals surface area contributed by atoms with Crippen molar-refractivity contribution in [2.75, 3.05) is 20.8 Å². The van der Waals surface area contributed by atoms with Gasteiger partial charge in [0.15, 0.2) is 11.9 Å². The Morgan fingerprint density at radius 3 is 2.95 bits per heavy atom. The molecule has 1 amide bonds. The van der Waals surface area contributed by atoms with Crippen LogP contribution < -0.4 is 0 Å². The summed E-state index contributed by atoms with van der Waals surface area (Å²) in [5.41, 5.74) is 2.41. The van der Waals surface area contributed by atoms with Gasteiger partial charge in [0.1, 0.15) is 0 Å². The van der Waals surface area contributed by atoms with Gasteiger partial charge >= 0.3 is 0 Å². The van der Waals surface area contributed by atoms with E-state index < -0.39 is 0 Å². The summed E-state index contributed by atoms with van der Waals surface area (Å²) >= 11 is 0. The minimum absolute atomic E-state index is 0.103. The van der Waals surface area contributed by atoms with E-state index in [0.29, 0.717) is 5.69 Å². The van der Waals surface area contributed by atoms with E-state index in [1.807, 2.05) is 29.8 Å². The van der Waals surface area contributed by atoms with Crippen LogP contribution >= 0.6 is 0 Å². The third-order valence-corrected chi connectivity index (χ3v) is 4.05. The average Bonchev–Trinajstić information content (AvgIpc) is 2.92. The van der Waals surface area contributed by atoms with Crippen LogP contribution in [0.25, 0.3) is 10.9 Å². The number of carbonyl (C=O) groups is 1. The lowest BCUT2D eigenvalue weighted by Crippen LogP contribution is -2.26. The Hall–Kier alpha value is -1.92. The van der Waals surface area contributed by atoms with Gasteiger partial charge in [-0.3, -0.25) is 9.63 Å². The Kier molecular flexibility index (Phi) is 4.13. The number of hydrogen-bond acceptors (Lipinski definition) is 4. The summed E-state index contributed by atoms with van der Waals surface area (Å²) in [5, 5.41) is 6.57. The maximum atomic E-state index is 12.5. The lowest BCUT2D eigenvalue weighted by molar-refractivity contribution is -0.0762. The largest absolute Gasteiger partial charge is 0.356 e. The number of fused-ring (bicyclic) bond motifs is 1. The van der Waals surface area contributed by atoms with Crippen LogP contribution in [-0.4, -0.2) is 41.5 Å². The molecule has 6 heteroatoms. The number of carbonyl (C=O) groups excluding carboxylic acids is 1. The van der Waals surface area contributed by atoms with E-state index in [9.17, 15) is 4.79 Å². The van der Waals surface area contributed by atoms with Gasteiger partial charge in [-0.1, -0.05) is 11.6 Å². The van der Waals surface area contributed by atoms with Gasteiger partial charge in [0, 0.05) is 19.0 Å². The summed E-state index contributed by atoms with van der Waals surface area (Å²) in [6, 6.07) is 6.01. The Morgan fingerprint density at radius 1 is 1.45 bits per heavy atom. The summed E-state index contributed by atoms with van der Waals surface area (Å²) in [4.78, 5) is 17.5. The molecule has 1 atom stereocenters. The maximum Gasteiger partial charge on any atom is 0.298 e. The third-order valence-electron chi connectivity index (χ3n) is 4.05. The summed E-state index contributed by atoms with van der Waals surface area (Å²) in [6.07, 6.45) is 3.00. The third kappa shape index (κ3) is 2.60. The van der Waals surface area contributed by atoms with Gasteiger partial charge < -0.3 is 4.74 Å². The molecule has 6 nitrogen and oxygen atoms in total. The molecule has 0 radical (unpaired) electrons. The second-order valence-corrected chi connectivity index (χ2v) is 5.62. The maximum absolute atomic E-state index is 12.5. The van der Waals surface area contributed by atoms with Gasteiger partial charge in [-0.05, 0) is 38.3 Å². The number of amides is 1. The van der Waals surface area contributed by atoms with Crippen LogP contribution in [0.5, 0.6) is 0 Å². The predicted molar refractivity (Wildman–Crippen MR) is 82.4 cm³/mol. The Labute approximate surface area is 129 Å². The molecule has 1 saturated heterocycles. The van der Waals surface area contributed by atoms with Crippen LogP contribution in [0.3, 0.4) is 0 Å². The number of rotatable bonds is 3. The fraction of sp³-hybridized carbons (Fsp3) is 0.500. The standard InChI is InChI=1S/C16H21N3O3/c1-11-7-8-13-12(10-11)15(16(20)18(2)21-3)17-19(13)14-6-4-5-9-22-14/h7-8,10,14H,4-6,9H2,1-3H3. The summed E-state index contributed by atoms with van der Waals surface area (Å²) in [7, 11) is 3.05. The number of benzene rings is 1. The van der Waals surface area contributed by atoms with E-state index in [0.717, 1.165) is 42.3 Å². The topological polar surface area (TPSA) is 56.6 Å². The molecule has 1 aliphatic rings. The van der Waals surface area contributed by atoms with Crippen molar-refractivity contribution in [3.8, 4) is 0 Å². The highest BCUT2D eigenvalue weighted by Gasteiger charge is 2.25. The monoisotopic (exact) mass is 303 g/mol. The van der Waals surface area contributed by atoms with E-state index in [-0.39, 0.29) is 12.1 Å². The first-order chi connectivity index (χ1) is 10.6. The number of hydrogen-bond donors (Lipinski definition) is 0. The van der Waals surface area contributed by atoms with Crippen molar-refractivity contribution in [3.63, 3.8) is 0 Å². The highest BCUT2D eigenvalue weighted by molar-refractivity contribution is 6.04. The SMILES string of the molecule is CON(C)C(=O)c1nn(C2CCCCO2)c2ccc(C)cc12. The van der Waals surface area contributed by atoms with Crippen LogP contribution in [0.4, 0.5) is 0 Å². The average molecular weight is 303 g/mol. The summed E-state index contributed by atoms with van der Waals surface area (Å²) < 4.78 is 7.66. The zero-order chi connectivity index (χ0) is 15.7. The number of hydroxylamine groups is 2. The number of nitrogens with zero attached hydrogens (tertiary/aromatic N) is 3. The van der Waals surface area contributed by atoms with Crippen molar-refractivity contribution >= 4 is 16.8 Å². The predicted octanol–water partition coefficient (Wildman–Crippen LogP) is 2.68. The molecule has 118 valence electrons. The van der Waals surface area contributed by atoms with E-state index >= 15 is 0 Å². The number of aromatic nitrogens is 2. The molecule has 3 rings (SSSR count). The van der Waals surface area contributed by atoms with E-state index in [1.165, 1.54) is 12.2 Å².